The monoisotopic (exact) mass is 275 g/mol. The maximum atomic E-state index is 13.1. The van der Waals surface area contributed by atoms with Crippen LogP contribution in [0.4, 0.5) is 8.78 Å². The summed E-state index contributed by atoms with van der Waals surface area (Å²) < 4.78 is 37.1. The highest BCUT2D eigenvalue weighted by Crippen LogP contribution is 2.24. The van der Waals surface area contributed by atoms with Crippen molar-refractivity contribution in [3.63, 3.8) is 0 Å². The summed E-state index contributed by atoms with van der Waals surface area (Å²) in [7, 11) is 0. The fraction of sp³-hybridized carbons (Fsp3) is 0.727. The molecule has 1 aliphatic rings. The molecule has 0 saturated carbocycles. The second-order valence-electron chi connectivity index (χ2n) is 4.26. The van der Waals surface area contributed by atoms with Gasteiger partial charge in [-0.05, 0) is 13.3 Å². The largest absolute Gasteiger partial charge is 0.461 e. The highest BCUT2D eigenvalue weighted by molar-refractivity contribution is 5.88. The van der Waals surface area contributed by atoms with Crippen molar-refractivity contribution in [2.24, 2.45) is 5.92 Å². The van der Waals surface area contributed by atoms with Gasteiger partial charge in [0.15, 0.2) is 5.69 Å². The van der Waals surface area contributed by atoms with E-state index in [1.165, 1.54) is 0 Å². The van der Waals surface area contributed by atoms with Crippen LogP contribution in [0.1, 0.15) is 36.0 Å². The van der Waals surface area contributed by atoms with Crippen molar-refractivity contribution in [1.29, 1.82) is 0 Å². The van der Waals surface area contributed by atoms with E-state index in [-0.39, 0.29) is 19.1 Å². The standard InChI is InChI=1S/C11H15F2N3O3/c1-2-19-11(17)8-9(10(12)13)16(15-14-8)5-7-3-4-18-6-7/h7,10H,2-6H2,1H3. The van der Waals surface area contributed by atoms with Crippen molar-refractivity contribution in [2.45, 2.75) is 26.3 Å². The van der Waals surface area contributed by atoms with Crippen LogP contribution in [0.25, 0.3) is 0 Å². The second kappa shape index (κ2) is 6.05. The van der Waals surface area contributed by atoms with Crippen LogP contribution in [0.15, 0.2) is 0 Å². The van der Waals surface area contributed by atoms with Crippen LogP contribution in [0.3, 0.4) is 0 Å². The van der Waals surface area contributed by atoms with Crippen LogP contribution in [-0.2, 0) is 16.0 Å². The van der Waals surface area contributed by atoms with E-state index in [2.05, 4.69) is 15.0 Å². The zero-order chi connectivity index (χ0) is 13.8. The molecule has 0 aliphatic carbocycles. The lowest BCUT2D eigenvalue weighted by atomic mass is 10.1. The van der Waals surface area contributed by atoms with Crippen LogP contribution in [0.2, 0.25) is 0 Å². The molecular formula is C11H15F2N3O3. The van der Waals surface area contributed by atoms with Gasteiger partial charge in [-0.1, -0.05) is 5.21 Å². The molecule has 1 saturated heterocycles. The van der Waals surface area contributed by atoms with E-state index in [1.54, 1.807) is 6.92 Å². The number of carbonyl (C=O) groups excluding carboxylic acids is 1. The number of esters is 1. The Hall–Kier alpha value is -1.57. The Kier molecular flexibility index (Phi) is 4.41. The topological polar surface area (TPSA) is 66.2 Å². The second-order valence-corrected chi connectivity index (χ2v) is 4.26. The van der Waals surface area contributed by atoms with Gasteiger partial charge in [-0.25, -0.2) is 18.3 Å². The van der Waals surface area contributed by atoms with Crippen LogP contribution in [0.5, 0.6) is 0 Å². The number of ether oxygens (including phenoxy) is 2. The van der Waals surface area contributed by atoms with Crippen LogP contribution in [-0.4, -0.2) is 40.8 Å². The zero-order valence-electron chi connectivity index (χ0n) is 10.5. The third-order valence-electron chi connectivity index (χ3n) is 2.90. The van der Waals surface area contributed by atoms with Crippen molar-refractivity contribution in [2.75, 3.05) is 19.8 Å². The van der Waals surface area contributed by atoms with E-state index >= 15 is 0 Å². The first kappa shape index (κ1) is 13.9. The Morgan fingerprint density at radius 3 is 3.00 bits per heavy atom. The smallest absolute Gasteiger partial charge is 0.361 e. The van der Waals surface area contributed by atoms with Gasteiger partial charge in [0.1, 0.15) is 5.69 Å². The van der Waals surface area contributed by atoms with E-state index in [1.807, 2.05) is 0 Å². The first-order valence-electron chi connectivity index (χ1n) is 6.09. The minimum atomic E-state index is -2.82. The molecule has 2 rings (SSSR count). The van der Waals surface area contributed by atoms with Crippen molar-refractivity contribution < 1.29 is 23.0 Å². The van der Waals surface area contributed by atoms with E-state index in [4.69, 9.17) is 4.74 Å². The Morgan fingerprint density at radius 1 is 1.63 bits per heavy atom. The summed E-state index contributed by atoms with van der Waals surface area (Å²) in [5.74, 6) is -0.749. The molecule has 0 N–H and O–H groups in total. The number of halogens is 2. The molecule has 1 atom stereocenters. The fourth-order valence-electron chi connectivity index (χ4n) is 1.99. The molecule has 0 aromatic carbocycles. The molecule has 0 bridgehead atoms. The SMILES string of the molecule is CCOC(=O)c1nnn(CC2CCOC2)c1C(F)F. The maximum absolute atomic E-state index is 13.1. The van der Waals surface area contributed by atoms with Crippen LogP contribution < -0.4 is 0 Å². The molecular weight excluding hydrogens is 260 g/mol. The summed E-state index contributed by atoms with van der Waals surface area (Å²) in [6.45, 7) is 3.10. The Bertz CT molecular complexity index is 444. The number of carbonyl (C=O) groups is 1. The maximum Gasteiger partial charge on any atom is 0.361 e. The number of hydrogen-bond acceptors (Lipinski definition) is 5. The first-order chi connectivity index (χ1) is 9.13. The van der Waals surface area contributed by atoms with E-state index in [0.29, 0.717) is 13.2 Å². The molecule has 2 heterocycles. The number of rotatable bonds is 5. The summed E-state index contributed by atoms with van der Waals surface area (Å²) in [5, 5.41) is 7.15. The number of hydrogen-bond donors (Lipinski definition) is 0. The van der Waals surface area contributed by atoms with Gasteiger partial charge in [-0.15, -0.1) is 5.10 Å². The Labute approximate surface area is 108 Å². The summed E-state index contributed by atoms with van der Waals surface area (Å²) in [6.07, 6.45) is -2.03. The summed E-state index contributed by atoms with van der Waals surface area (Å²) in [4.78, 5) is 11.5. The lowest BCUT2D eigenvalue weighted by Gasteiger charge is -2.10. The van der Waals surface area contributed by atoms with E-state index in [0.717, 1.165) is 11.1 Å². The van der Waals surface area contributed by atoms with E-state index < -0.39 is 23.8 Å². The molecule has 1 aliphatic heterocycles. The zero-order valence-corrected chi connectivity index (χ0v) is 10.5. The summed E-state index contributed by atoms with van der Waals surface area (Å²) >= 11 is 0. The molecule has 8 heteroatoms. The van der Waals surface area contributed by atoms with Crippen molar-refractivity contribution in [3.8, 4) is 0 Å². The highest BCUT2D eigenvalue weighted by Gasteiger charge is 2.29. The van der Waals surface area contributed by atoms with Gasteiger partial charge in [0.05, 0.1) is 13.2 Å². The molecule has 106 valence electrons. The van der Waals surface area contributed by atoms with Gasteiger partial charge in [-0.3, -0.25) is 0 Å². The molecule has 6 nitrogen and oxygen atoms in total. The van der Waals surface area contributed by atoms with Crippen LogP contribution in [0, 0.1) is 5.92 Å². The quantitative estimate of drug-likeness (QED) is 0.760. The lowest BCUT2D eigenvalue weighted by Crippen LogP contribution is -2.16. The predicted octanol–water partition coefficient (Wildman–Crippen LogP) is 1.43. The van der Waals surface area contributed by atoms with Gasteiger partial charge in [0.2, 0.25) is 0 Å². The molecule has 1 fully saturated rings. The molecule has 19 heavy (non-hydrogen) atoms. The number of alkyl halides is 2. The normalized spacial score (nSPS) is 19.1. The fourth-order valence-corrected chi connectivity index (χ4v) is 1.99. The van der Waals surface area contributed by atoms with Gasteiger partial charge in [0, 0.05) is 19.1 Å². The lowest BCUT2D eigenvalue weighted by molar-refractivity contribution is 0.0506. The molecule has 1 aromatic rings. The van der Waals surface area contributed by atoms with Gasteiger partial charge in [-0.2, -0.15) is 0 Å². The molecule has 0 amide bonds. The summed E-state index contributed by atoms with van der Waals surface area (Å²) in [6, 6.07) is 0. The number of aromatic nitrogens is 3. The molecule has 0 radical (unpaired) electrons. The molecule has 0 spiro atoms. The van der Waals surface area contributed by atoms with Crippen molar-refractivity contribution in [1.82, 2.24) is 15.0 Å². The average Bonchev–Trinajstić information content (AvgIpc) is 2.99. The highest BCUT2D eigenvalue weighted by atomic mass is 19.3. The first-order valence-corrected chi connectivity index (χ1v) is 6.09. The predicted molar refractivity (Wildman–Crippen MR) is 59.9 cm³/mol. The van der Waals surface area contributed by atoms with Crippen molar-refractivity contribution >= 4 is 5.97 Å². The Balaban J connectivity index is 2.20. The third-order valence-corrected chi connectivity index (χ3v) is 2.90. The number of nitrogens with zero attached hydrogens (tertiary/aromatic N) is 3. The van der Waals surface area contributed by atoms with Gasteiger partial charge in [0.25, 0.3) is 6.43 Å². The molecule has 1 aromatic heterocycles. The average molecular weight is 275 g/mol. The molecule has 1 unspecified atom stereocenters. The third kappa shape index (κ3) is 3.06. The minimum absolute atomic E-state index is 0.102. The van der Waals surface area contributed by atoms with Gasteiger partial charge >= 0.3 is 5.97 Å². The van der Waals surface area contributed by atoms with Crippen LogP contribution >= 0.6 is 0 Å². The van der Waals surface area contributed by atoms with E-state index in [9.17, 15) is 13.6 Å². The Morgan fingerprint density at radius 2 is 2.42 bits per heavy atom. The minimum Gasteiger partial charge on any atom is -0.461 e. The summed E-state index contributed by atoms with van der Waals surface area (Å²) in [5.41, 5.74) is -0.888. The van der Waals surface area contributed by atoms with Crippen molar-refractivity contribution in [3.05, 3.63) is 11.4 Å². The van der Waals surface area contributed by atoms with Gasteiger partial charge < -0.3 is 9.47 Å².